The summed E-state index contributed by atoms with van der Waals surface area (Å²) in [5, 5.41) is 8.66. The van der Waals surface area contributed by atoms with Crippen LogP contribution < -0.4 is 0 Å². The van der Waals surface area contributed by atoms with Crippen molar-refractivity contribution in [1.29, 1.82) is 0 Å². The third kappa shape index (κ3) is 3.20. The number of furan rings is 1. The van der Waals surface area contributed by atoms with Gasteiger partial charge in [-0.1, -0.05) is 0 Å². The second kappa shape index (κ2) is 4.18. The fourth-order valence-corrected chi connectivity index (χ4v) is 1.76. The van der Waals surface area contributed by atoms with Gasteiger partial charge in [0.25, 0.3) is 0 Å². The van der Waals surface area contributed by atoms with Crippen molar-refractivity contribution >= 4 is 16.8 Å². The van der Waals surface area contributed by atoms with E-state index in [2.05, 4.69) is 0 Å². The zero-order chi connectivity index (χ0) is 11.6. The van der Waals surface area contributed by atoms with Crippen LogP contribution in [-0.2, 0) is 16.6 Å². The minimum atomic E-state index is -1.07. The number of carboxylic acids is 1. The topological polar surface area (TPSA) is 67.5 Å². The molecule has 0 aliphatic heterocycles. The molecule has 0 bridgehead atoms. The Balaban J connectivity index is 2.74. The third-order valence-corrected chi connectivity index (χ3v) is 3.77. The van der Waals surface area contributed by atoms with E-state index in [1.807, 2.05) is 20.8 Å². The van der Waals surface area contributed by atoms with Crippen LogP contribution in [0.25, 0.3) is 0 Å². The monoisotopic (exact) mass is 230 g/mol. The summed E-state index contributed by atoms with van der Waals surface area (Å²) in [6.45, 7) is 5.60. The standard InChI is InChI=1S/C10H14O4S/c1-10(2,3)15(13)6-8-4-7(5-14-8)9(11)12/h4-5H,6H2,1-3H3,(H,11,12). The molecule has 4 nitrogen and oxygen atoms in total. The summed E-state index contributed by atoms with van der Waals surface area (Å²) in [6.07, 6.45) is 1.16. The van der Waals surface area contributed by atoms with Crippen LogP contribution in [0.4, 0.5) is 0 Å². The first-order valence-electron chi connectivity index (χ1n) is 4.50. The zero-order valence-corrected chi connectivity index (χ0v) is 9.76. The van der Waals surface area contributed by atoms with Crippen LogP contribution in [0.5, 0.6) is 0 Å². The van der Waals surface area contributed by atoms with Gasteiger partial charge in [0.15, 0.2) is 0 Å². The minimum Gasteiger partial charge on any atom is -0.478 e. The zero-order valence-electron chi connectivity index (χ0n) is 8.94. The number of carboxylic acid groups (broad SMARTS) is 1. The highest BCUT2D eigenvalue weighted by molar-refractivity contribution is 7.85. The third-order valence-electron chi connectivity index (χ3n) is 1.86. The van der Waals surface area contributed by atoms with E-state index in [1.54, 1.807) is 0 Å². The Labute approximate surface area is 90.7 Å². The first-order chi connectivity index (χ1) is 6.80. The Hall–Kier alpha value is -1.10. The molecule has 5 heteroatoms. The van der Waals surface area contributed by atoms with E-state index in [4.69, 9.17) is 9.52 Å². The molecule has 0 aliphatic rings. The molecule has 0 fully saturated rings. The van der Waals surface area contributed by atoms with Crippen LogP contribution in [0.2, 0.25) is 0 Å². The van der Waals surface area contributed by atoms with Gasteiger partial charge in [0.05, 0.1) is 11.3 Å². The van der Waals surface area contributed by atoms with Gasteiger partial charge in [-0.15, -0.1) is 0 Å². The molecule has 84 valence electrons. The lowest BCUT2D eigenvalue weighted by atomic mass is 10.3. The molecule has 1 N–H and O–H groups in total. The van der Waals surface area contributed by atoms with E-state index in [9.17, 15) is 9.00 Å². The minimum absolute atomic E-state index is 0.0934. The van der Waals surface area contributed by atoms with Crippen LogP contribution >= 0.6 is 0 Å². The van der Waals surface area contributed by atoms with Gasteiger partial charge >= 0.3 is 5.97 Å². The van der Waals surface area contributed by atoms with Crippen molar-refractivity contribution in [3.05, 3.63) is 23.7 Å². The Kier molecular flexibility index (Phi) is 3.34. The molecule has 0 amide bonds. The fraction of sp³-hybridized carbons (Fsp3) is 0.500. The lowest BCUT2D eigenvalue weighted by Gasteiger charge is -2.16. The largest absolute Gasteiger partial charge is 0.478 e. The van der Waals surface area contributed by atoms with Crippen LogP contribution in [0.3, 0.4) is 0 Å². The maximum atomic E-state index is 11.7. The molecular weight excluding hydrogens is 216 g/mol. The van der Waals surface area contributed by atoms with E-state index in [-0.39, 0.29) is 16.1 Å². The number of aromatic carboxylic acids is 1. The maximum Gasteiger partial charge on any atom is 0.338 e. The van der Waals surface area contributed by atoms with Gasteiger partial charge in [-0.05, 0) is 26.8 Å². The first-order valence-corrected chi connectivity index (χ1v) is 5.82. The normalized spacial score (nSPS) is 13.8. The molecule has 0 spiro atoms. The first kappa shape index (κ1) is 12.0. The summed E-state index contributed by atoms with van der Waals surface area (Å²) in [4.78, 5) is 10.6. The molecule has 1 heterocycles. The van der Waals surface area contributed by atoms with Gasteiger partial charge in [0.1, 0.15) is 12.0 Å². The smallest absolute Gasteiger partial charge is 0.338 e. The molecule has 0 saturated carbocycles. The van der Waals surface area contributed by atoms with E-state index < -0.39 is 16.8 Å². The Morgan fingerprint density at radius 2 is 2.13 bits per heavy atom. The summed E-state index contributed by atoms with van der Waals surface area (Å²) in [5.74, 6) is -0.344. The molecule has 0 saturated heterocycles. The fourth-order valence-electron chi connectivity index (χ4n) is 0.914. The predicted molar refractivity (Wildman–Crippen MR) is 57.3 cm³/mol. The molecule has 1 aromatic rings. The van der Waals surface area contributed by atoms with E-state index in [0.717, 1.165) is 6.26 Å². The van der Waals surface area contributed by atoms with Crippen LogP contribution in [0.1, 0.15) is 36.9 Å². The summed E-state index contributed by atoms with van der Waals surface area (Å²) >= 11 is 0. The quantitative estimate of drug-likeness (QED) is 0.862. The average molecular weight is 230 g/mol. The van der Waals surface area contributed by atoms with E-state index in [0.29, 0.717) is 5.76 Å². The summed E-state index contributed by atoms with van der Waals surface area (Å²) in [5.41, 5.74) is 0.0934. The molecular formula is C10H14O4S. The van der Waals surface area contributed by atoms with Crippen molar-refractivity contribution in [1.82, 2.24) is 0 Å². The summed E-state index contributed by atoms with van der Waals surface area (Å²) in [7, 11) is -1.07. The van der Waals surface area contributed by atoms with Gasteiger partial charge in [-0.2, -0.15) is 0 Å². The summed E-state index contributed by atoms with van der Waals surface area (Å²) in [6, 6.07) is 1.41. The van der Waals surface area contributed by atoms with Crippen LogP contribution in [0, 0.1) is 0 Å². The van der Waals surface area contributed by atoms with Crippen LogP contribution in [-0.4, -0.2) is 20.0 Å². The SMILES string of the molecule is CC(C)(C)S(=O)Cc1cc(C(=O)O)co1. The molecule has 15 heavy (non-hydrogen) atoms. The molecule has 0 aromatic carbocycles. The molecule has 1 rings (SSSR count). The van der Waals surface area contributed by atoms with Crippen molar-refractivity contribution in [3.8, 4) is 0 Å². The lowest BCUT2D eigenvalue weighted by molar-refractivity contribution is 0.0696. The van der Waals surface area contributed by atoms with Crippen molar-refractivity contribution < 1.29 is 18.5 Å². The van der Waals surface area contributed by atoms with Gasteiger partial charge in [-0.25, -0.2) is 4.79 Å². The molecule has 0 aliphatic carbocycles. The number of hydrogen-bond acceptors (Lipinski definition) is 3. The molecule has 0 radical (unpaired) electrons. The Morgan fingerprint density at radius 3 is 2.53 bits per heavy atom. The molecule has 1 unspecified atom stereocenters. The van der Waals surface area contributed by atoms with Crippen molar-refractivity contribution in [2.75, 3.05) is 0 Å². The Bertz CT molecular complexity index is 386. The number of rotatable bonds is 3. The van der Waals surface area contributed by atoms with E-state index in [1.165, 1.54) is 6.07 Å². The summed E-state index contributed by atoms with van der Waals surface area (Å²) < 4.78 is 16.4. The average Bonchev–Trinajstić information content (AvgIpc) is 2.50. The molecule has 1 aromatic heterocycles. The predicted octanol–water partition coefficient (Wildman–Crippen LogP) is 2.03. The lowest BCUT2D eigenvalue weighted by Crippen LogP contribution is -2.22. The van der Waals surface area contributed by atoms with Crippen molar-refractivity contribution in [2.45, 2.75) is 31.3 Å². The highest BCUT2D eigenvalue weighted by Crippen LogP contribution is 2.17. The van der Waals surface area contributed by atoms with Crippen molar-refractivity contribution in [2.24, 2.45) is 0 Å². The second-order valence-corrected chi connectivity index (χ2v) is 6.41. The second-order valence-electron chi connectivity index (χ2n) is 4.21. The highest BCUT2D eigenvalue weighted by Gasteiger charge is 2.21. The number of hydrogen-bond donors (Lipinski definition) is 1. The Morgan fingerprint density at radius 1 is 1.53 bits per heavy atom. The van der Waals surface area contributed by atoms with Gasteiger partial charge in [0, 0.05) is 15.5 Å². The van der Waals surface area contributed by atoms with Crippen molar-refractivity contribution in [3.63, 3.8) is 0 Å². The van der Waals surface area contributed by atoms with Gasteiger partial charge in [0.2, 0.25) is 0 Å². The maximum absolute atomic E-state index is 11.7. The number of carbonyl (C=O) groups is 1. The van der Waals surface area contributed by atoms with E-state index >= 15 is 0 Å². The van der Waals surface area contributed by atoms with Gasteiger partial charge < -0.3 is 9.52 Å². The van der Waals surface area contributed by atoms with Crippen LogP contribution in [0.15, 0.2) is 16.7 Å². The van der Waals surface area contributed by atoms with Gasteiger partial charge in [-0.3, -0.25) is 4.21 Å². The highest BCUT2D eigenvalue weighted by atomic mass is 32.2. The molecule has 1 atom stereocenters.